The number of carbonyl (C=O) groups is 1. The van der Waals surface area contributed by atoms with E-state index in [1.54, 1.807) is 0 Å². The number of amides is 1. The average molecular weight is 288 g/mol. The molecule has 0 spiro atoms. The van der Waals surface area contributed by atoms with Crippen LogP contribution in [0.3, 0.4) is 0 Å². The molecule has 5 nitrogen and oxygen atoms in total. The Balaban J connectivity index is 1.80. The maximum absolute atomic E-state index is 12.0. The van der Waals surface area contributed by atoms with Crippen molar-refractivity contribution in [2.24, 2.45) is 5.92 Å². The quantitative estimate of drug-likeness (QED) is 0.791. The highest BCUT2D eigenvalue weighted by Gasteiger charge is 2.28. The summed E-state index contributed by atoms with van der Waals surface area (Å²) in [5.74, 6) is 0.857. The summed E-state index contributed by atoms with van der Waals surface area (Å²) in [6.07, 6.45) is 4.21. The van der Waals surface area contributed by atoms with Gasteiger partial charge in [-0.1, -0.05) is 6.92 Å². The highest BCUT2D eigenvalue weighted by atomic mass is 32.2. The predicted molar refractivity (Wildman–Crippen MR) is 74.6 cm³/mol. The first-order valence-electron chi connectivity index (χ1n) is 7.19. The zero-order valence-corrected chi connectivity index (χ0v) is 12.3. The lowest BCUT2D eigenvalue weighted by Crippen LogP contribution is -2.47. The molecule has 0 aromatic carbocycles. The van der Waals surface area contributed by atoms with E-state index in [9.17, 15) is 13.2 Å². The van der Waals surface area contributed by atoms with Gasteiger partial charge in [-0.25, -0.2) is 8.42 Å². The van der Waals surface area contributed by atoms with E-state index in [-0.39, 0.29) is 29.5 Å². The Morgan fingerprint density at radius 3 is 2.79 bits per heavy atom. The van der Waals surface area contributed by atoms with Crippen LogP contribution in [-0.4, -0.2) is 44.5 Å². The predicted octanol–water partition coefficient (Wildman–Crippen LogP) is 0.458. The number of piperidine rings is 1. The second-order valence-electron chi connectivity index (χ2n) is 5.91. The molecule has 2 fully saturated rings. The van der Waals surface area contributed by atoms with Gasteiger partial charge in [0, 0.05) is 18.5 Å². The zero-order valence-electron chi connectivity index (χ0n) is 11.5. The van der Waals surface area contributed by atoms with Gasteiger partial charge in [-0.2, -0.15) is 0 Å². The first-order chi connectivity index (χ1) is 8.96. The number of rotatable bonds is 3. The van der Waals surface area contributed by atoms with Gasteiger partial charge in [0.2, 0.25) is 5.91 Å². The lowest BCUT2D eigenvalue weighted by molar-refractivity contribution is -0.122. The molecule has 0 aromatic heterocycles. The fourth-order valence-corrected chi connectivity index (χ4v) is 4.65. The highest BCUT2D eigenvalue weighted by Crippen LogP contribution is 2.18. The molecule has 2 rings (SSSR count). The van der Waals surface area contributed by atoms with Crippen molar-refractivity contribution in [1.82, 2.24) is 10.6 Å². The van der Waals surface area contributed by atoms with Crippen LogP contribution in [0.2, 0.25) is 0 Å². The second kappa shape index (κ2) is 6.22. The third-order valence-electron chi connectivity index (χ3n) is 4.16. The Kier molecular flexibility index (Phi) is 4.84. The number of hydrogen-bond donors (Lipinski definition) is 2. The zero-order chi connectivity index (χ0) is 13.9. The summed E-state index contributed by atoms with van der Waals surface area (Å²) in [4.78, 5) is 12.0. The number of nitrogens with one attached hydrogen (secondary N) is 2. The van der Waals surface area contributed by atoms with Gasteiger partial charge in [0.1, 0.15) is 0 Å². The first-order valence-corrected chi connectivity index (χ1v) is 9.01. The van der Waals surface area contributed by atoms with Gasteiger partial charge in [0.05, 0.1) is 11.5 Å². The molecular formula is C13H24N2O3S. The Hall–Kier alpha value is -0.620. The van der Waals surface area contributed by atoms with Crippen molar-refractivity contribution in [1.29, 1.82) is 0 Å². The van der Waals surface area contributed by atoms with Crippen molar-refractivity contribution in [3.05, 3.63) is 0 Å². The van der Waals surface area contributed by atoms with E-state index in [0.717, 1.165) is 19.4 Å². The molecule has 6 heteroatoms. The summed E-state index contributed by atoms with van der Waals surface area (Å²) in [5, 5.41) is 6.26. The van der Waals surface area contributed by atoms with Crippen LogP contribution < -0.4 is 10.6 Å². The Labute approximate surface area is 115 Å². The van der Waals surface area contributed by atoms with Crippen molar-refractivity contribution in [3.63, 3.8) is 0 Å². The molecule has 3 unspecified atom stereocenters. The van der Waals surface area contributed by atoms with Crippen LogP contribution >= 0.6 is 0 Å². The normalized spacial score (nSPS) is 34.7. The molecule has 0 aliphatic carbocycles. The van der Waals surface area contributed by atoms with Crippen LogP contribution in [0.1, 0.15) is 39.0 Å². The Bertz CT molecular complexity index is 422. The lowest BCUT2D eigenvalue weighted by Gasteiger charge is -2.30. The van der Waals surface area contributed by atoms with Crippen molar-refractivity contribution in [2.75, 3.05) is 18.1 Å². The maximum atomic E-state index is 12.0. The molecule has 2 aliphatic heterocycles. The monoisotopic (exact) mass is 288 g/mol. The summed E-state index contributed by atoms with van der Waals surface area (Å²) >= 11 is 0. The molecule has 0 bridgehead atoms. The minimum Gasteiger partial charge on any atom is -0.352 e. The summed E-state index contributed by atoms with van der Waals surface area (Å²) in [6, 6.07) is 0.0408. The van der Waals surface area contributed by atoms with E-state index < -0.39 is 9.84 Å². The Morgan fingerprint density at radius 2 is 2.11 bits per heavy atom. The van der Waals surface area contributed by atoms with Crippen LogP contribution in [0.15, 0.2) is 0 Å². The molecule has 2 N–H and O–H groups in total. The average Bonchev–Trinajstić information content (AvgIpc) is 2.30. The van der Waals surface area contributed by atoms with Crippen LogP contribution in [0, 0.1) is 5.92 Å². The smallest absolute Gasteiger partial charge is 0.221 e. The fraction of sp³-hybridized carbons (Fsp3) is 0.923. The molecular weight excluding hydrogens is 264 g/mol. The van der Waals surface area contributed by atoms with Crippen LogP contribution in [0.4, 0.5) is 0 Å². The summed E-state index contributed by atoms with van der Waals surface area (Å²) in [6.45, 7) is 3.13. The molecule has 0 saturated carbocycles. The largest absolute Gasteiger partial charge is 0.352 e. The first kappa shape index (κ1) is 14.8. The number of hydrogen-bond acceptors (Lipinski definition) is 4. The number of sulfone groups is 1. The fourth-order valence-electron chi connectivity index (χ4n) is 3.01. The van der Waals surface area contributed by atoms with E-state index >= 15 is 0 Å². The van der Waals surface area contributed by atoms with Crippen molar-refractivity contribution in [3.8, 4) is 0 Å². The van der Waals surface area contributed by atoms with Gasteiger partial charge in [0.25, 0.3) is 0 Å². The van der Waals surface area contributed by atoms with Gasteiger partial charge in [-0.05, 0) is 38.1 Å². The van der Waals surface area contributed by atoms with E-state index in [0.29, 0.717) is 18.8 Å². The molecule has 110 valence electrons. The van der Waals surface area contributed by atoms with Gasteiger partial charge in [0.15, 0.2) is 9.84 Å². The number of carbonyl (C=O) groups excluding carboxylic acids is 1. The Morgan fingerprint density at radius 1 is 1.32 bits per heavy atom. The summed E-state index contributed by atoms with van der Waals surface area (Å²) in [7, 11) is -2.95. The van der Waals surface area contributed by atoms with E-state index in [1.165, 1.54) is 6.42 Å². The van der Waals surface area contributed by atoms with Crippen molar-refractivity contribution in [2.45, 2.75) is 51.1 Å². The molecule has 0 radical (unpaired) electrons. The van der Waals surface area contributed by atoms with Crippen molar-refractivity contribution >= 4 is 15.7 Å². The van der Waals surface area contributed by atoms with Crippen LogP contribution in [-0.2, 0) is 14.6 Å². The van der Waals surface area contributed by atoms with E-state index in [2.05, 4.69) is 17.6 Å². The van der Waals surface area contributed by atoms with Crippen molar-refractivity contribution < 1.29 is 13.2 Å². The maximum Gasteiger partial charge on any atom is 0.221 e. The molecule has 19 heavy (non-hydrogen) atoms. The molecule has 2 heterocycles. The van der Waals surface area contributed by atoms with E-state index in [1.807, 2.05) is 0 Å². The minimum absolute atomic E-state index is 0.0200. The third kappa shape index (κ3) is 4.45. The standard InChI is InChI=1S/C13H24N2O3S/c1-10-4-2-6-14-12(10)8-13(16)15-11-5-3-7-19(17,18)9-11/h10-12,14H,2-9H2,1H3,(H,15,16). The SMILES string of the molecule is CC1CCCNC1CC(=O)NC1CCCS(=O)(=O)C1. The lowest BCUT2D eigenvalue weighted by atomic mass is 9.90. The summed E-state index contributed by atoms with van der Waals surface area (Å²) < 4.78 is 23.0. The van der Waals surface area contributed by atoms with Crippen LogP contribution in [0.5, 0.6) is 0 Å². The second-order valence-corrected chi connectivity index (χ2v) is 8.13. The molecule has 1 amide bonds. The van der Waals surface area contributed by atoms with Crippen LogP contribution in [0.25, 0.3) is 0 Å². The minimum atomic E-state index is -2.95. The van der Waals surface area contributed by atoms with Gasteiger partial charge in [-0.3, -0.25) is 4.79 Å². The van der Waals surface area contributed by atoms with Gasteiger partial charge >= 0.3 is 0 Å². The third-order valence-corrected chi connectivity index (χ3v) is 5.98. The summed E-state index contributed by atoms with van der Waals surface area (Å²) in [5.41, 5.74) is 0. The molecule has 3 atom stereocenters. The van der Waals surface area contributed by atoms with Gasteiger partial charge < -0.3 is 10.6 Å². The van der Waals surface area contributed by atoms with Gasteiger partial charge in [-0.15, -0.1) is 0 Å². The molecule has 0 aromatic rings. The van der Waals surface area contributed by atoms with E-state index in [4.69, 9.17) is 0 Å². The molecule has 2 aliphatic rings. The topological polar surface area (TPSA) is 75.3 Å². The highest BCUT2D eigenvalue weighted by molar-refractivity contribution is 7.91. The molecule has 2 saturated heterocycles.